The van der Waals surface area contributed by atoms with Crippen LogP contribution in [0.5, 0.6) is 0 Å². The van der Waals surface area contributed by atoms with Crippen molar-refractivity contribution in [3.63, 3.8) is 0 Å². The molecule has 8 heteroatoms. The number of likely N-dealkylation sites (tertiary alicyclic amines) is 1. The summed E-state index contributed by atoms with van der Waals surface area (Å²) < 4.78 is 0. The molecule has 0 radical (unpaired) electrons. The zero-order chi connectivity index (χ0) is 22.4. The Balaban J connectivity index is 1.73. The lowest BCUT2D eigenvalue weighted by atomic mass is 9.47. The van der Waals surface area contributed by atoms with E-state index in [2.05, 4.69) is 12.2 Å². The van der Waals surface area contributed by atoms with E-state index in [1.54, 1.807) is 0 Å². The molecule has 0 aromatic carbocycles. The first kappa shape index (κ1) is 22.7. The molecule has 3 aliphatic rings. The second-order valence-corrected chi connectivity index (χ2v) is 11.3. The Bertz CT molecular complexity index is 852. The van der Waals surface area contributed by atoms with Gasteiger partial charge in [-0.05, 0) is 49.9 Å². The fraction of sp³-hybridized carbons (Fsp3) is 0.783. The Hall–Kier alpha value is -1.51. The van der Waals surface area contributed by atoms with Gasteiger partial charge >= 0.3 is 0 Å². The highest BCUT2D eigenvalue weighted by atomic mass is 32.1. The molecule has 4 rings (SSSR count). The van der Waals surface area contributed by atoms with Crippen molar-refractivity contribution >= 4 is 28.3 Å². The normalized spacial score (nSPS) is 35.3. The van der Waals surface area contributed by atoms with Gasteiger partial charge in [0.05, 0.1) is 18.4 Å². The Morgan fingerprint density at radius 2 is 1.97 bits per heavy atom. The molecule has 172 valence electrons. The van der Waals surface area contributed by atoms with E-state index in [4.69, 9.17) is 4.98 Å². The van der Waals surface area contributed by atoms with Crippen LogP contribution in [0.2, 0.25) is 0 Å². The standard InChI is InChI=1S/C23H35N3O4S/c1-14(28)24-21-25-20-15(11-19(30)26-9-5-4-6-10-26)22(2)8-7-18(29)23(3,13-27)17(22)12-16(20)31-21/h15,17-18,27,29H,4-13H2,1-3H3,(H,24,25,28). The first-order valence-corrected chi connectivity index (χ1v) is 12.3. The van der Waals surface area contributed by atoms with E-state index in [1.165, 1.54) is 24.7 Å². The number of anilines is 1. The second-order valence-electron chi connectivity index (χ2n) is 10.2. The number of nitrogens with zero attached hydrogens (tertiary/aromatic N) is 2. The zero-order valence-electron chi connectivity index (χ0n) is 18.8. The Morgan fingerprint density at radius 3 is 2.61 bits per heavy atom. The third-order valence-corrected chi connectivity index (χ3v) is 9.27. The molecule has 5 atom stereocenters. The third kappa shape index (κ3) is 3.91. The van der Waals surface area contributed by atoms with E-state index < -0.39 is 11.5 Å². The van der Waals surface area contributed by atoms with Crippen LogP contribution in [0.1, 0.15) is 75.8 Å². The van der Waals surface area contributed by atoms with Gasteiger partial charge in [0.1, 0.15) is 0 Å². The summed E-state index contributed by atoms with van der Waals surface area (Å²) in [5.41, 5.74) is 0.0426. The predicted octanol–water partition coefficient (Wildman–Crippen LogP) is 2.92. The largest absolute Gasteiger partial charge is 0.396 e. The number of aliphatic hydroxyl groups excluding tert-OH is 2. The van der Waals surface area contributed by atoms with Crippen LogP contribution in [0.4, 0.5) is 5.13 Å². The van der Waals surface area contributed by atoms with E-state index in [9.17, 15) is 19.8 Å². The van der Waals surface area contributed by atoms with Crippen LogP contribution in [0, 0.1) is 16.7 Å². The minimum atomic E-state index is -0.630. The number of aliphatic hydroxyl groups is 2. The second kappa shape index (κ2) is 8.45. The van der Waals surface area contributed by atoms with Crippen LogP contribution in [0.25, 0.3) is 0 Å². The molecule has 1 aromatic rings. The van der Waals surface area contributed by atoms with Gasteiger partial charge in [-0.2, -0.15) is 0 Å². The molecule has 0 spiro atoms. The van der Waals surface area contributed by atoms with Gasteiger partial charge in [0.15, 0.2) is 5.13 Å². The average molecular weight is 450 g/mol. The van der Waals surface area contributed by atoms with Crippen LogP contribution in [0.3, 0.4) is 0 Å². The minimum absolute atomic E-state index is 0.0334. The number of nitrogens with one attached hydrogen (secondary N) is 1. The molecule has 0 bridgehead atoms. The molecular formula is C23H35N3O4S. The summed E-state index contributed by atoms with van der Waals surface area (Å²) in [6, 6.07) is 0. The maximum Gasteiger partial charge on any atom is 0.223 e. The summed E-state index contributed by atoms with van der Waals surface area (Å²) >= 11 is 1.47. The third-order valence-electron chi connectivity index (χ3n) is 8.26. The van der Waals surface area contributed by atoms with Crippen molar-refractivity contribution in [3.8, 4) is 0 Å². The number of amides is 2. The number of carbonyl (C=O) groups is 2. The van der Waals surface area contributed by atoms with Gasteiger partial charge in [-0.15, -0.1) is 11.3 Å². The van der Waals surface area contributed by atoms with E-state index in [-0.39, 0.29) is 35.7 Å². The number of hydrogen-bond acceptors (Lipinski definition) is 6. The number of hydrogen-bond donors (Lipinski definition) is 3. The van der Waals surface area contributed by atoms with Gasteiger partial charge in [0.2, 0.25) is 11.8 Å². The molecule has 3 N–H and O–H groups in total. The van der Waals surface area contributed by atoms with Crippen molar-refractivity contribution in [2.45, 2.75) is 77.7 Å². The van der Waals surface area contributed by atoms with Crippen molar-refractivity contribution in [1.82, 2.24) is 9.88 Å². The van der Waals surface area contributed by atoms with Crippen molar-refractivity contribution in [1.29, 1.82) is 0 Å². The van der Waals surface area contributed by atoms with Gasteiger partial charge < -0.3 is 20.4 Å². The highest BCUT2D eigenvalue weighted by molar-refractivity contribution is 7.15. The summed E-state index contributed by atoms with van der Waals surface area (Å²) in [7, 11) is 0. The molecule has 2 heterocycles. The number of fused-ring (bicyclic) bond motifs is 2. The smallest absolute Gasteiger partial charge is 0.223 e. The molecule has 5 unspecified atom stereocenters. The number of aromatic nitrogens is 1. The zero-order valence-corrected chi connectivity index (χ0v) is 19.6. The molecule has 1 aliphatic heterocycles. The maximum absolute atomic E-state index is 13.3. The Kier molecular flexibility index (Phi) is 6.18. The number of rotatable bonds is 4. The van der Waals surface area contributed by atoms with Gasteiger partial charge in [0, 0.05) is 42.6 Å². The van der Waals surface area contributed by atoms with Gasteiger partial charge in [-0.25, -0.2) is 4.98 Å². The van der Waals surface area contributed by atoms with Crippen molar-refractivity contribution < 1.29 is 19.8 Å². The predicted molar refractivity (Wildman–Crippen MR) is 120 cm³/mol. The van der Waals surface area contributed by atoms with Crippen LogP contribution in [-0.2, 0) is 16.0 Å². The number of carbonyl (C=O) groups excluding carboxylic acids is 2. The molecule has 2 aliphatic carbocycles. The average Bonchev–Trinajstić information content (AvgIpc) is 3.14. The molecule has 31 heavy (non-hydrogen) atoms. The van der Waals surface area contributed by atoms with Crippen molar-refractivity contribution in [2.24, 2.45) is 16.7 Å². The van der Waals surface area contributed by atoms with Gasteiger partial charge in [-0.3, -0.25) is 9.59 Å². The SMILES string of the molecule is CC(=O)Nc1nc2c(s1)CC1C(C)(CO)C(O)CCC1(C)C2CC(=O)N1CCCCC1. The number of piperidine rings is 1. The van der Waals surface area contributed by atoms with E-state index >= 15 is 0 Å². The highest BCUT2D eigenvalue weighted by Crippen LogP contribution is 2.62. The van der Waals surface area contributed by atoms with Crippen LogP contribution in [-0.4, -0.2) is 57.7 Å². The summed E-state index contributed by atoms with van der Waals surface area (Å²) in [6.07, 6.45) is 5.20. The van der Waals surface area contributed by atoms with Crippen molar-refractivity contribution in [2.75, 3.05) is 25.0 Å². The van der Waals surface area contributed by atoms with Crippen LogP contribution < -0.4 is 5.32 Å². The molecule has 1 saturated heterocycles. The lowest BCUT2D eigenvalue weighted by Gasteiger charge is -2.58. The van der Waals surface area contributed by atoms with Crippen LogP contribution in [0.15, 0.2) is 0 Å². The fourth-order valence-corrected chi connectivity index (χ4v) is 7.41. The topological polar surface area (TPSA) is 103 Å². The summed E-state index contributed by atoms with van der Waals surface area (Å²) in [4.78, 5) is 32.8. The van der Waals surface area contributed by atoms with Crippen molar-refractivity contribution in [3.05, 3.63) is 10.6 Å². The molecule has 7 nitrogen and oxygen atoms in total. The molecule has 1 saturated carbocycles. The number of thiazole rings is 1. The molecule has 2 fully saturated rings. The lowest BCUT2D eigenvalue weighted by Crippen LogP contribution is -2.57. The van der Waals surface area contributed by atoms with E-state index in [0.29, 0.717) is 24.4 Å². The highest BCUT2D eigenvalue weighted by Gasteiger charge is 2.59. The van der Waals surface area contributed by atoms with Crippen LogP contribution >= 0.6 is 11.3 Å². The minimum Gasteiger partial charge on any atom is -0.396 e. The van der Waals surface area contributed by atoms with Gasteiger partial charge in [0.25, 0.3) is 0 Å². The lowest BCUT2D eigenvalue weighted by molar-refractivity contribution is -0.147. The summed E-state index contributed by atoms with van der Waals surface area (Å²) in [5, 5.41) is 24.5. The summed E-state index contributed by atoms with van der Waals surface area (Å²) in [5.74, 6) is -0.0476. The Morgan fingerprint density at radius 1 is 1.26 bits per heavy atom. The van der Waals surface area contributed by atoms with Gasteiger partial charge in [-0.1, -0.05) is 13.8 Å². The summed E-state index contributed by atoms with van der Waals surface area (Å²) in [6.45, 7) is 7.21. The molecule has 1 aromatic heterocycles. The quantitative estimate of drug-likeness (QED) is 0.656. The first-order chi connectivity index (χ1) is 14.7. The van der Waals surface area contributed by atoms with E-state index in [1.807, 2.05) is 11.8 Å². The monoisotopic (exact) mass is 449 g/mol. The fourth-order valence-electron chi connectivity index (χ4n) is 6.30. The molecular weight excluding hydrogens is 414 g/mol. The molecule has 2 amide bonds. The first-order valence-electron chi connectivity index (χ1n) is 11.5. The van der Waals surface area contributed by atoms with E-state index in [0.717, 1.165) is 42.9 Å². The maximum atomic E-state index is 13.3. The Labute approximate surface area is 188 Å².